The molecule has 16 heteroatoms. The number of nitrogens with zero attached hydrogens (tertiary/aromatic N) is 1. The van der Waals surface area contributed by atoms with Gasteiger partial charge in [0.1, 0.15) is 48.1 Å². The zero-order valence-corrected chi connectivity index (χ0v) is 28.3. The van der Waals surface area contributed by atoms with E-state index in [-0.39, 0.29) is 23.8 Å². The Kier molecular flexibility index (Phi) is 12.3. The number of hydrogen-bond donors (Lipinski definition) is 8. The van der Waals surface area contributed by atoms with Crippen LogP contribution in [0.25, 0.3) is 0 Å². The molecular weight excluding hydrogens is 674 g/mol. The molecule has 278 valence electrons. The van der Waals surface area contributed by atoms with E-state index < -0.39 is 78.9 Å². The van der Waals surface area contributed by atoms with Crippen LogP contribution in [0.4, 0.5) is 5.69 Å². The van der Waals surface area contributed by atoms with Gasteiger partial charge in [0.05, 0.1) is 12.0 Å². The number of amides is 1. The fourth-order valence-corrected chi connectivity index (χ4v) is 6.01. The van der Waals surface area contributed by atoms with E-state index in [2.05, 4.69) is 6.58 Å². The molecule has 0 aromatic heterocycles. The van der Waals surface area contributed by atoms with Crippen molar-refractivity contribution >= 4 is 23.5 Å². The second-order valence-electron chi connectivity index (χ2n) is 12.6. The van der Waals surface area contributed by atoms with Crippen LogP contribution < -0.4 is 4.90 Å². The lowest BCUT2D eigenvalue weighted by atomic mass is 9.77. The number of anilines is 1. The minimum absolute atomic E-state index is 0.0227. The van der Waals surface area contributed by atoms with E-state index >= 15 is 0 Å². The van der Waals surface area contributed by atoms with Crippen LogP contribution in [0.1, 0.15) is 34.1 Å². The van der Waals surface area contributed by atoms with E-state index in [0.29, 0.717) is 22.4 Å². The molecule has 3 aliphatic rings. The summed E-state index contributed by atoms with van der Waals surface area (Å²) in [7, 11) is 0. The number of carboxylic acids is 2. The number of hydrogen-bond acceptors (Lipinski definition) is 13. The number of benzene rings is 1. The summed E-state index contributed by atoms with van der Waals surface area (Å²) >= 11 is 0. The van der Waals surface area contributed by atoms with Gasteiger partial charge in [-0.2, -0.15) is 0 Å². The molecule has 8 N–H and O–H groups in total. The molecule has 11 atom stereocenters. The average Bonchev–Trinajstić information content (AvgIpc) is 3.07. The number of carbonyl (C=O) groups excluding carboxylic acids is 1. The summed E-state index contributed by atoms with van der Waals surface area (Å²) in [6.07, 6.45) is -12.1. The maximum Gasteiger partial charge on any atom is 0.335 e. The molecule has 51 heavy (non-hydrogen) atoms. The van der Waals surface area contributed by atoms with Gasteiger partial charge in [-0.25, -0.2) is 9.59 Å². The minimum Gasteiger partial charge on any atom is -0.479 e. The number of rotatable bonds is 12. The maximum absolute atomic E-state index is 13.0. The predicted molar refractivity (Wildman–Crippen MR) is 176 cm³/mol. The Hall–Kier alpha value is -4.39. The van der Waals surface area contributed by atoms with E-state index in [9.17, 15) is 55.2 Å². The van der Waals surface area contributed by atoms with Crippen LogP contribution in [0.3, 0.4) is 0 Å². The van der Waals surface area contributed by atoms with Crippen molar-refractivity contribution in [3.8, 4) is 0 Å². The van der Waals surface area contributed by atoms with E-state index in [0.717, 1.165) is 0 Å². The zero-order chi connectivity index (χ0) is 37.9. The van der Waals surface area contributed by atoms with Crippen molar-refractivity contribution in [3.05, 3.63) is 89.5 Å². The van der Waals surface area contributed by atoms with Crippen LogP contribution >= 0.6 is 0 Å². The third-order valence-corrected chi connectivity index (χ3v) is 8.98. The van der Waals surface area contributed by atoms with Crippen molar-refractivity contribution < 1.29 is 74.2 Å². The molecule has 1 amide bonds. The number of para-hydroxylation sites is 1. The van der Waals surface area contributed by atoms with Crippen molar-refractivity contribution in [2.24, 2.45) is 0 Å². The summed E-state index contributed by atoms with van der Waals surface area (Å²) in [6.45, 7) is 10.6. The topological polar surface area (TPSA) is 253 Å². The Labute approximate surface area is 293 Å². The first kappa shape index (κ1) is 39.4. The van der Waals surface area contributed by atoms with Gasteiger partial charge in [0, 0.05) is 11.3 Å². The maximum atomic E-state index is 13.0. The molecule has 0 radical (unpaired) electrons. The molecule has 0 saturated carbocycles. The Morgan fingerprint density at radius 2 is 1.35 bits per heavy atom. The Balaban J connectivity index is 1.64. The van der Waals surface area contributed by atoms with Crippen LogP contribution in [-0.4, -0.2) is 126 Å². The lowest BCUT2D eigenvalue weighted by Gasteiger charge is -2.51. The fourth-order valence-electron chi connectivity index (χ4n) is 6.01. The molecule has 0 bridgehead atoms. The quantitative estimate of drug-likeness (QED) is 0.0819. The van der Waals surface area contributed by atoms with Gasteiger partial charge in [-0.3, -0.25) is 4.79 Å². The first-order valence-corrected chi connectivity index (χ1v) is 15.9. The molecule has 16 nitrogen and oxygen atoms in total. The highest BCUT2D eigenvalue weighted by Gasteiger charge is 2.52. The molecule has 1 aromatic carbocycles. The van der Waals surface area contributed by atoms with Gasteiger partial charge in [0.2, 0.25) is 18.5 Å². The van der Waals surface area contributed by atoms with E-state index in [1.54, 1.807) is 68.2 Å². The second kappa shape index (κ2) is 15.9. The third kappa shape index (κ3) is 8.08. The Bertz CT molecular complexity index is 1620. The van der Waals surface area contributed by atoms with Crippen molar-refractivity contribution in [2.75, 3.05) is 4.90 Å². The molecule has 3 aliphatic heterocycles. The largest absolute Gasteiger partial charge is 0.479 e. The third-order valence-electron chi connectivity index (χ3n) is 8.98. The summed E-state index contributed by atoms with van der Waals surface area (Å²) in [5, 5.41) is 80.4. The van der Waals surface area contributed by atoms with Crippen molar-refractivity contribution in [1.82, 2.24) is 0 Å². The first-order chi connectivity index (χ1) is 23.9. The van der Waals surface area contributed by atoms with Gasteiger partial charge in [-0.05, 0) is 63.1 Å². The zero-order valence-electron chi connectivity index (χ0n) is 28.3. The van der Waals surface area contributed by atoms with E-state index in [1.807, 2.05) is 0 Å². The van der Waals surface area contributed by atoms with Gasteiger partial charge in [0.25, 0.3) is 0 Å². The van der Waals surface area contributed by atoms with Crippen LogP contribution in [0, 0.1) is 0 Å². The highest BCUT2D eigenvalue weighted by Crippen LogP contribution is 2.44. The van der Waals surface area contributed by atoms with E-state index in [1.165, 1.54) is 19.1 Å². The first-order valence-electron chi connectivity index (χ1n) is 15.9. The lowest BCUT2D eigenvalue weighted by Crippen LogP contribution is -2.63. The second-order valence-corrected chi connectivity index (χ2v) is 12.6. The minimum atomic E-state index is -1.93. The van der Waals surface area contributed by atoms with Crippen LogP contribution in [0.15, 0.2) is 89.5 Å². The van der Waals surface area contributed by atoms with Gasteiger partial charge >= 0.3 is 11.9 Å². The lowest BCUT2D eigenvalue weighted by molar-refractivity contribution is -0.284. The predicted octanol–water partition coefficient (Wildman–Crippen LogP) is 0.236. The molecule has 3 saturated heterocycles. The molecule has 11 unspecified atom stereocenters. The summed E-state index contributed by atoms with van der Waals surface area (Å²) in [4.78, 5) is 37.7. The standard InChI is InChI=1S/C35H43NO15/c1-6-20(49-34-28(43)24(39)26(41)30(51-34)32(46)47)14-17(3)16(2)12-13-21(35(5)15-22(37)36(35)19-10-8-7-9-11-19)18(4)48-33-27(42)23(38)25(40)29(50-33)31(44)45/h6-14,23-30,33-34,38-43H,2,15H2,1,3-5H3,(H,44,45)(H,46,47)/b13-12-,17-14+,20-6+,21-18-. The van der Waals surface area contributed by atoms with Crippen molar-refractivity contribution in [3.63, 3.8) is 0 Å². The Morgan fingerprint density at radius 1 is 0.843 bits per heavy atom. The molecular formula is C35H43NO15. The SMILES string of the molecule is C=C(/C=C\C(=C(/C)OC1OC(C(=O)O)C(O)C(O)C1O)C1(C)CC(=O)N1c1ccccc1)/C(C)=C/C(=C\C)OC1OC(C(=O)O)C(O)C(O)C1O. The molecule has 1 aromatic rings. The number of allylic oxidation sites excluding steroid dienone is 6. The van der Waals surface area contributed by atoms with Gasteiger partial charge in [-0.15, -0.1) is 0 Å². The number of carbonyl (C=O) groups is 3. The van der Waals surface area contributed by atoms with E-state index in [4.69, 9.17) is 18.9 Å². The van der Waals surface area contributed by atoms with Crippen LogP contribution in [-0.2, 0) is 33.3 Å². The van der Waals surface area contributed by atoms with Crippen molar-refractivity contribution in [1.29, 1.82) is 0 Å². The fraction of sp³-hybridized carbons (Fsp3) is 0.457. The van der Waals surface area contributed by atoms with Crippen LogP contribution in [0.5, 0.6) is 0 Å². The van der Waals surface area contributed by atoms with Gasteiger partial charge in [0.15, 0.2) is 12.2 Å². The summed E-state index contributed by atoms with van der Waals surface area (Å²) in [5.41, 5.74) is 0.815. The smallest absolute Gasteiger partial charge is 0.335 e. The van der Waals surface area contributed by atoms with Crippen molar-refractivity contribution in [2.45, 2.75) is 101 Å². The monoisotopic (exact) mass is 717 g/mol. The van der Waals surface area contributed by atoms with Gasteiger partial charge < -0.3 is 64.7 Å². The molecule has 3 heterocycles. The number of aliphatic carboxylic acids is 2. The molecule has 0 aliphatic carbocycles. The number of carboxylic acid groups (broad SMARTS) is 2. The molecule has 0 spiro atoms. The highest BCUT2D eigenvalue weighted by atomic mass is 16.7. The molecule has 4 rings (SSSR count). The highest BCUT2D eigenvalue weighted by molar-refractivity contribution is 6.04. The number of β-lactam (4-membered cyclic amide) rings is 1. The summed E-state index contributed by atoms with van der Waals surface area (Å²) in [5.74, 6) is -3.18. The molecule has 3 fully saturated rings. The number of aliphatic hydroxyl groups is 6. The number of ether oxygens (including phenoxy) is 4. The number of aliphatic hydroxyl groups excluding tert-OH is 6. The normalized spacial score (nSPS) is 35.2. The Morgan fingerprint density at radius 3 is 1.82 bits per heavy atom. The van der Waals surface area contributed by atoms with Crippen LogP contribution in [0.2, 0.25) is 0 Å². The summed E-state index contributed by atoms with van der Waals surface area (Å²) in [6, 6.07) is 8.79. The van der Waals surface area contributed by atoms with Gasteiger partial charge in [-0.1, -0.05) is 36.9 Å². The average molecular weight is 718 g/mol. The summed E-state index contributed by atoms with van der Waals surface area (Å²) < 4.78 is 22.1.